The van der Waals surface area contributed by atoms with E-state index in [0.29, 0.717) is 23.0 Å². The minimum atomic E-state index is -0.0739. The summed E-state index contributed by atoms with van der Waals surface area (Å²) < 4.78 is 2.69. The zero-order valence-corrected chi connectivity index (χ0v) is 35.1. The van der Waals surface area contributed by atoms with Crippen LogP contribution in [0.25, 0.3) is 5.57 Å². The van der Waals surface area contributed by atoms with Gasteiger partial charge >= 0.3 is 0 Å². The fraction of sp³-hybridized carbons (Fsp3) is 0.472. The van der Waals surface area contributed by atoms with E-state index in [2.05, 4.69) is 136 Å². The maximum atomic E-state index is 14.0. The Bertz CT molecular complexity index is 2260. The summed E-state index contributed by atoms with van der Waals surface area (Å²) in [5.41, 5.74) is 12.8. The first-order valence-electron chi connectivity index (χ1n) is 22.2. The smallest absolute Gasteiger partial charge is 0.209 e. The molecule has 4 nitrogen and oxygen atoms in total. The Morgan fingerprint density at radius 3 is 1.75 bits per heavy atom. The number of aryl methyl sites for hydroxylation is 4. The van der Waals surface area contributed by atoms with E-state index < -0.39 is 0 Å². The molecular weight excluding hydrogens is 697 g/mol. The van der Waals surface area contributed by atoms with Crippen LogP contribution in [0.4, 0.5) is 17.1 Å². The number of hydrogen-bond donors (Lipinski definition) is 1. The molecule has 2 atom stereocenters. The second-order valence-corrected chi connectivity index (χ2v) is 20.3. The van der Waals surface area contributed by atoms with Gasteiger partial charge in [-0.1, -0.05) is 55.3 Å². The van der Waals surface area contributed by atoms with Crippen molar-refractivity contribution in [3.8, 4) is 0 Å². The van der Waals surface area contributed by atoms with E-state index in [9.17, 15) is 9.90 Å². The van der Waals surface area contributed by atoms with E-state index in [-0.39, 0.29) is 22.6 Å². The number of ketones is 1. The van der Waals surface area contributed by atoms with Gasteiger partial charge in [0.05, 0.1) is 11.1 Å². The summed E-state index contributed by atoms with van der Waals surface area (Å²) in [6, 6.07) is 22.3. The molecule has 2 unspecified atom stereocenters. The molecule has 0 aromatic heterocycles. The quantitative estimate of drug-likeness (QED) is 0.201. The van der Waals surface area contributed by atoms with Crippen molar-refractivity contribution in [2.45, 2.75) is 123 Å². The molecular formula is C53H61N2O2+. The average Bonchev–Trinajstić information content (AvgIpc) is 3.14. The third kappa shape index (κ3) is 6.14. The summed E-state index contributed by atoms with van der Waals surface area (Å²) >= 11 is 0. The Morgan fingerprint density at radius 1 is 0.632 bits per heavy atom. The van der Waals surface area contributed by atoms with Gasteiger partial charge in [0, 0.05) is 60.0 Å². The zero-order valence-electron chi connectivity index (χ0n) is 35.1. The number of Topliss-reactive ketones (excluding diaryl/α,β-unsaturated/α-hetero) is 1. The van der Waals surface area contributed by atoms with Crippen LogP contribution in [0, 0.1) is 63.2 Å². The fourth-order valence-corrected chi connectivity index (χ4v) is 14.2. The summed E-state index contributed by atoms with van der Waals surface area (Å²) in [6.07, 6.45) is 22.8. The number of nitrogens with zero attached hydrogens (tertiary/aromatic N) is 2. The normalized spacial score (nSPS) is 32.6. The van der Waals surface area contributed by atoms with Crippen LogP contribution in [-0.4, -0.2) is 32.3 Å². The van der Waals surface area contributed by atoms with Gasteiger partial charge in [-0.25, -0.2) is 0 Å². The van der Waals surface area contributed by atoms with Crippen LogP contribution in [0.15, 0.2) is 102 Å². The van der Waals surface area contributed by atoms with Gasteiger partial charge in [-0.3, -0.25) is 4.79 Å². The average molecular weight is 758 g/mol. The lowest BCUT2D eigenvalue weighted by molar-refractivity contribution is -0.555. The Hall–Kier alpha value is -4.44. The maximum absolute atomic E-state index is 14.0. The molecule has 6 bridgehead atoms. The number of fused-ring (bicyclic) bond motifs is 2. The molecule has 6 saturated carbocycles. The lowest BCUT2D eigenvalue weighted by atomic mass is 9.52. The lowest BCUT2D eigenvalue weighted by Crippen LogP contribution is -2.56. The van der Waals surface area contributed by atoms with E-state index >= 15 is 0 Å². The molecule has 1 N–H and O–H groups in total. The molecule has 0 aliphatic heterocycles. The van der Waals surface area contributed by atoms with E-state index in [0.717, 1.165) is 34.8 Å². The minimum absolute atomic E-state index is 0.0613. The highest BCUT2D eigenvalue weighted by Crippen LogP contribution is 2.59. The van der Waals surface area contributed by atoms with Crippen LogP contribution < -0.4 is 4.90 Å². The monoisotopic (exact) mass is 757 g/mol. The number of hydrogen-bond acceptors (Lipinski definition) is 3. The lowest BCUT2D eigenvalue weighted by Gasteiger charge is -2.56. The molecule has 8 aliphatic carbocycles. The van der Waals surface area contributed by atoms with E-state index in [1.165, 1.54) is 116 Å². The van der Waals surface area contributed by atoms with Crippen molar-refractivity contribution in [2.75, 3.05) is 4.90 Å². The molecule has 4 heteroatoms. The van der Waals surface area contributed by atoms with Gasteiger partial charge in [-0.15, -0.1) is 0 Å². The number of aliphatic hydroxyl groups excluding tert-OH is 1. The zero-order chi connectivity index (χ0) is 39.4. The third-order valence-electron chi connectivity index (χ3n) is 15.5. The summed E-state index contributed by atoms with van der Waals surface area (Å²) in [5.74, 6) is 4.66. The summed E-state index contributed by atoms with van der Waals surface area (Å²) in [5, 5.41) is 11.6. The summed E-state index contributed by atoms with van der Waals surface area (Å²) in [6.45, 7) is 13.8. The van der Waals surface area contributed by atoms with E-state index in [4.69, 9.17) is 0 Å². The van der Waals surface area contributed by atoms with Crippen LogP contribution in [0.2, 0.25) is 0 Å². The SMILES string of the molecule is Cc1ccc(N(c2ccc(C3=C(O)C(=C4C=CC(=[N+](c5ccc(C)cc5C)C56CC7CC(CC(C7)C5)C6)C=C4)C3=O)cc2)C23CC(C)CC(CC(C)C2)C3)c(C)c1. The molecule has 294 valence electrons. The maximum Gasteiger partial charge on any atom is 0.209 e. The molecule has 0 radical (unpaired) electrons. The van der Waals surface area contributed by atoms with Gasteiger partial charge in [0.1, 0.15) is 5.76 Å². The number of allylic oxidation sites excluding steroid dienone is 7. The van der Waals surface area contributed by atoms with Crippen molar-refractivity contribution in [3.05, 3.63) is 130 Å². The van der Waals surface area contributed by atoms with Crippen LogP contribution in [-0.2, 0) is 4.79 Å². The number of carbonyl (C=O) groups is 1. The minimum Gasteiger partial charge on any atom is -0.506 e. The molecule has 0 heterocycles. The number of benzene rings is 3. The van der Waals surface area contributed by atoms with Crippen LogP contribution in [0.3, 0.4) is 0 Å². The van der Waals surface area contributed by atoms with Crippen molar-refractivity contribution in [2.24, 2.45) is 35.5 Å². The highest BCUT2D eigenvalue weighted by atomic mass is 16.3. The molecule has 0 saturated heterocycles. The second-order valence-electron chi connectivity index (χ2n) is 20.3. The van der Waals surface area contributed by atoms with Gasteiger partial charge in [0.25, 0.3) is 0 Å². The molecule has 57 heavy (non-hydrogen) atoms. The Kier molecular flexibility index (Phi) is 8.78. The first kappa shape index (κ1) is 36.9. The number of carbonyl (C=O) groups excluding carboxylic acids is 1. The van der Waals surface area contributed by atoms with Crippen molar-refractivity contribution >= 4 is 34.1 Å². The largest absolute Gasteiger partial charge is 0.506 e. The Labute approximate surface area is 340 Å². The van der Waals surface area contributed by atoms with Crippen LogP contribution in [0.5, 0.6) is 0 Å². The predicted molar refractivity (Wildman–Crippen MR) is 234 cm³/mol. The second kappa shape index (κ2) is 13.6. The molecule has 3 aromatic carbocycles. The van der Waals surface area contributed by atoms with E-state index in [1.54, 1.807) is 0 Å². The Balaban J connectivity index is 0.985. The molecule has 0 amide bonds. The highest BCUT2D eigenvalue weighted by molar-refractivity contribution is 6.39. The first-order valence-corrected chi connectivity index (χ1v) is 22.2. The summed E-state index contributed by atoms with van der Waals surface area (Å²) in [4.78, 5) is 16.7. The predicted octanol–water partition coefficient (Wildman–Crippen LogP) is 12.7. The number of aliphatic hydroxyl groups is 1. The Morgan fingerprint density at radius 2 is 1.19 bits per heavy atom. The van der Waals surface area contributed by atoms with Gasteiger partial charge in [0.15, 0.2) is 5.54 Å². The van der Waals surface area contributed by atoms with Crippen molar-refractivity contribution in [3.63, 3.8) is 0 Å². The summed E-state index contributed by atoms with van der Waals surface area (Å²) in [7, 11) is 0. The molecule has 11 rings (SSSR count). The van der Waals surface area contributed by atoms with Gasteiger partial charge in [-0.05, 0) is 168 Å². The standard InChI is InChI=1S/C53H60N2O2/c1-32-7-17-46(36(5)19-32)54(52-26-34(3)21-38(28-52)22-35(4)27-52)44-13-9-42(10-14-44)48-50(56)49(51(48)57)43-11-15-45(16-12-43)55(47-18-8-33(2)20-37(47)6)53-29-39-23-40(30-53)25-41(24-39)31-53/h7-20,34-35,38-41H,21-31H2,1-6H3/p+1. The molecule has 8 aliphatic rings. The third-order valence-corrected chi connectivity index (χ3v) is 15.5. The van der Waals surface area contributed by atoms with Crippen molar-refractivity contribution in [1.82, 2.24) is 0 Å². The van der Waals surface area contributed by atoms with Crippen LogP contribution >= 0.6 is 0 Å². The van der Waals surface area contributed by atoms with Gasteiger partial charge in [-0.2, -0.15) is 4.58 Å². The first-order chi connectivity index (χ1) is 27.4. The molecule has 0 spiro atoms. The fourth-order valence-electron chi connectivity index (χ4n) is 14.2. The van der Waals surface area contributed by atoms with Crippen molar-refractivity contribution < 1.29 is 14.5 Å². The topological polar surface area (TPSA) is 43.5 Å². The molecule has 6 fully saturated rings. The highest BCUT2D eigenvalue weighted by Gasteiger charge is 2.58. The van der Waals surface area contributed by atoms with Crippen molar-refractivity contribution in [1.29, 1.82) is 0 Å². The van der Waals surface area contributed by atoms with Gasteiger partial charge < -0.3 is 10.0 Å². The van der Waals surface area contributed by atoms with Crippen LogP contribution in [0.1, 0.15) is 112 Å². The van der Waals surface area contributed by atoms with Gasteiger partial charge in [0.2, 0.25) is 17.2 Å². The number of anilines is 2. The molecule has 3 aromatic rings. The van der Waals surface area contributed by atoms with E-state index in [1.807, 2.05) is 0 Å². The number of rotatable bonds is 6.